The third-order valence-corrected chi connectivity index (χ3v) is 6.00. The summed E-state index contributed by atoms with van der Waals surface area (Å²) in [6.07, 6.45) is -2.42. The SMILES string of the molecule is CC(O)c1cccc(Nc2ncc(C(F)(F)F)c(NCc3cccnc3N(C)S(C)(=O)=O)n2)c1. The lowest BCUT2D eigenvalue weighted by molar-refractivity contribution is -0.137. The van der Waals surface area contributed by atoms with Crippen LogP contribution in [-0.4, -0.2) is 41.8 Å². The molecule has 1 aromatic carbocycles. The van der Waals surface area contributed by atoms with E-state index >= 15 is 0 Å². The van der Waals surface area contributed by atoms with Crippen LogP contribution in [0.5, 0.6) is 0 Å². The molecule has 13 heteroatoms. The Morgan fingerprint density at radius 2 is 1.91 bits per heavy atom. The zero-order valence-corrected chi connectivity index (χ0v) is 19.3. The third-order valence-electron chi connectivity index (χ3n) is 4.83. The maximum absolute atomic E-state index is 13.6. The van der Waals surface area contributed by atoms with E-state index in [4.69, 9.17) is 0 Å². The average molecular weight is 497 g/mol. The number of hydrogen-bond acceptors (Lipinski definition) is 8. The summed E-state index contributed by atoms with van der Waals surface area (Å²) in [6.45, 7) is 1.41. The Kier molecular flexibility index (Phi) is 7.26. The monoisotopic (exact) mass is 496 g/mol. The van der Waals surface area contributed by atoms with Gasteiger partial charge in [0.05, 0.1) is 12.4 Å². The normalized spacial score (nSPS) is 12.8. The van der Waals surface area contributed by atoms with E-state index in [0.717, 1.165) is 10.6 Å². The minimum absolute atomic E-state index is 0.0772. The van der Waals surface area contributed by atoms with Gasteiger partial charge in [-0.1, -0.05) is 18.2 Å². The number of aliphatic hydroxyl groups is 1. The molecule has 0 saturated heterocycles. The van der Waals surface area contributed by atoms with Gasteiger partial charge in [-0.15, -0.1) is 0 Å². The molecule has 2 aromatic heterocycles. The van der Waals surface area contributed by atoms with E-state index < -0.39 is 33.7 Å². The number of hydrogen-bond donors (Lipinski definition) is 3. The number of aromatic nitrogens is 3. The number of halogens is 3. The number of rotatable bonds is 8. The molecule has 0 fully saturated rings. The Balaban J connectivity index is 1.91. The highest BCUT2D eigenvalue weighted by atomic mass is 32.2. The van der Waals surface area contributed by atoms with E-state index in [0.29, 0.717) is 23.0 Å². The minimum Gasteiger partial charge on any atom is -0.389 e. The molecule has 1 atom stereocenters. The predicted octanol–water partition coefficient (Wildman–Crippen LogP) is 3.70. The van der Waals surface area contributed by atoms with Crippen LogP contribution in [-0.2, 0) is 22.7 Å². The lowest BCUT2D eigenvalue weighted by Gasteiger charge is -2.20. The van der Waals surface area contributed by atoms with Crippen molar-refractivity contribution in [3.05, 3.63) is 65.5 Å². The largest absolute Gasteiger partial charge is 0.421 e. The fourth-order valence-corrected chi connectivity index (χ4v) is 3.46. The van der Waals surface area contributed by atoms with E-state index in [1.165, 1.54) is 13.2 Å². The summed E-state index contributed by atoms with van der Waals surface area (Å²) < 4.78 is 65.5. The summed E-state index contributed by atoms with van der Waals surface area (Å²) in [5.41, 5.74) is 0.349. The summed E-state index contributed by atoms with van der Waals surface area (Å²) >= 11 is 0. The summed E-state index contributed by atoms with van der Waals surface area (Å²) in [4.78, 5) is 11.8. The Hall–Kier alpha value is -3.45. The van der Waals surface area contributed by atoms with E-state index in [1.807, 2.05) is 0 Å². The van der Waals surface area contributed by atoms with Crippen molar-refractivity contribution in [2.45, 2.75) is 25.7 Å². The topological polar surface area (TPSA) is 120 Å². The van der Waals surface area contributed by atoms with Crippen LogP contribution in [0, 0.1) is 0 Å². The maximum atomic E-state index is 13.6. The lowest BCUT2D eigenvalue weighted by Crippen LogP contribution is -2.27. The van der Waals surface area contributed by atoms with Crippen molar-refractivity contribution in [2.75, 3.05) is 28.2 Å². The van der Waals surface area contributed by atoms with Gasteiger partial charge in [-0.2, -0.15) is 18.2 Å². The fraction of sp³-hybridized carbons (Fsp3) is 0.286. The first-order valence-electron chi connectivity index (χ1n) is 9.97. The number of sulfonamides is 1. The fourth-order valence-electron chi connectivity index (χ4n) is 2.98. The molecule has 0 aliphatic heterocycles. The number of nitrogens with zero attached hydrogens (tertiary/aromatic N) is 4. The minimum atomic E-state index is -4.73. The number of aliphatic hydroxyl groups excluding tert-OH is 1. The van der Waals surface area contributed by atoms with Gasteiger partial charge in [-0.05, 0) is 30.7 Å². The van der Waals surface area contributed by atoms with Crippen molar-refractivity contribution >= 4 is 33.3 Å². The zero-order valence-electron chi connectivity index (χ0n) is 18.5. The Morgan fingerprint density at radius 3 is 2.56 bits per heavy atom. The Morgan fingerprint density at radius 1 is 1.18 bits per heavy atom. The molecule has 1 unspecified atom stereocenters. The number of pyridine rings is 1. The van der Waals surface area contributed by atoms with Gasteiger partial charge in [-0.25, -0.2) is 18.4 Å². The van der Waals surface area contributed by atoms with Crippen molar-refractivity contribution in [2.24, 2.45) is 0 Å². The third kappa shape index (κ3) is 6.11. The first-order chi connectivity index (χ1) is 15.9. The van der Waals surface area contributed by atoms with Crippen LogP contribution in [0.15, 0.2) is 48.8 Å². The molecular formula is C21H23F3N6O3S. The van der Waals surface area contributed by atoms with Crippen LogP contribution in [0.25, 0.3) is 0 Å². The van der Waals surface area contributed by atoms with Crippen molar-refractivity contribution in [3.8, 4) is 0 Å². The molecule has 182 valence electrons. The standard InChI is InChI=1S/C21H23F3N6O3S/c1-13(31)14-6-4-8-16(10-14)28-20-27-12-17(21(22,23)24)18(29-20)26-11-15-7-5-9-25-19(15)30(2)34(3,32)33/h4-10,12-13,31H,11H2,1-3H3,(H2,26,27,28,29). The first-order valence-corrected chi connectivity index (χ1v) is 11.8. The first kappa shape index (κ1) is 25.2. The van der Waals surface area contributed by atoms with Gasteiger partial charge in [0.1, 0.15) is 17.2 Å². The Labute approximate surface area is 194 Å². The molecule has 0 radical (unpaired) electrons. The van der Waals surface area contributed by atoms with Gasteiger partial charge in [0.2, 0.25) is 16.0 Å². The molecule has 3 rings (SSSR count). The highest BCUT2D eigenvalue weighted by Crippen LogP contribution is 2.34. The average Bonchev–Trinajstić information content (AvgIpc) is 2.76. The van der Waals surface area contributed by atoms with Crippen molar-refractivity contribution in [3.63, 3.8) is 0 Å². The molecule has 34 heavy (non-hydrogen) atoms. The highest BCUT2D eigenvalue weighted by molar-refractivity contribution is 7.92. The molecular weight excluding hydrogens is 473 g/mol. The van der Waals surface area contributed by atoms with Gasteiger partial charge < -0.3 is 15.7 Å². The summed E-state index contributed by atoms with van der Waals surface area (Å²) in [7, 11) is -2.33. The van der Waals surface area contributed by atoms with Gasteiger partial charge in [0.25, 0.3) is 0 Å². The van der Waals surface area contributed by atoms with Crippen LogP contribution in [0.2, 0.25) is 0 Å². The van der Waals surface area contributed by atoms with E-state index in [-0.39, 0.29) is 18.3 Å². The van der Waals surface area contributed by atoms with Crippen LogP contribution in [0.3, 0.4) is 0 Å². The summed E-state index contributed by atoms with van der Waals surface area (Å²) in [5.74, 6) is -0.514. The predicted molar refractivity (Wildman–Crippen MR) is 122 cm³/mol. The number of alkyl halides is 3. The van der Waals surface area contributed by atoms with E-state index in [9.17, 15) is 26.7 Å². The molecule has 0 saturated carbocycles. The highest BCUT2D eigenvalue weighted by Gasteiger charge is 2.35. The Bertz CT molecular complexity index is 1270. The summed E-state index contributed by atoms with van der Waals surface area (Å²) in [5, 5.41) is 15.2. The van der Waals surface area contributed by atoms with Gasteiger partial charge in [0.15, 0.2) is 0 Å². The van der Waals surface area contributed by atoms with E-state index in [1.54, 1.807) is 43.3 Å². The molecule has 0 aliphatic carbocycles. The zero-order chi connectivity index (χ0) is 25.1. The smallest absolute Gasteiger partial charge is 0.389 e. The van der Waals surface area contributed by atoms with Crippen LogP contribution < -0.4 is 14.9 Å². The number of nitrogens with one attached hydrogen (secondary N) is 2. The van der Waals surface area contributed by atoms with Crippen molar-refractivity contribution in [1.82, 2.24) is 15.0 Å². The maximum Gasteiger partial charge on any atom is 0.421 e. The van der Waals surface area contributed by atoms with Gasteiger partial charge in [-0.3, -0.25) is 4.31 Å². The number of benzene rings is 1. The second-order valence-electron chi connectivity index (χ2n) is 7.45. The summed E-state index contributed by atoms with van der Waals surface area (Å²) in [6, 6.07) is 9.76. The van der Waals surface area contributed by atoms with Gasteiger partial charge >= 0.3 is 6.18 Å². The van der Waals surface area contributed by atoms with Crippen LogP contribution in [0.1, 0.15) is 29.7 Å². The van der Waals surface area contributed by atoms with E-state index in [2.05, 4.69) is 25.6 Å². The number of anilines is 4. The lowest BCUT2D eigenvalue weighted by atomic mass is 10.1. The molecule has 9 nitrogen and oxygen atoms in total. The quantitative estimate of drug-likeness (QED) is 0.432. The van der Waals surface area contributed by atoms with Crippen LogP contribution in [0.4, 0.5) is 36.4 Å². The molecule has 0 bridgehead atoms. The molecule has 3 N–H and O–H groups in total. The molecule has 0 aliphatic rings. The molecule has 0 spiro atoms. The molecule has 2 heterocycles. The van der Waals surface area contributed by atoms with Gasteiger partial charge in [0, 0.05) is 37.2 Å². The molecule has 0 amide bonds. The second kappa shape index (κ2) is 9.81. The second-order valence-corrected chi connectivity index (χ2v) is 9.46. The van der Waals surface area contributed by atoms with Crippen molar-refractivity contribution < 1.29 is 26.7 Å². The van der Waals surface area contributed by atoms with Crippen LogP contribution >= 0.6 is 0 Å². The van der Waals surface area contributed by atoms with Crippen molar-refractivity contribution in [1.29, 1.82) is 0 Å². The molecule has 3 aromatic rings.